The van der Waals surface area contributed by atoms with Crippen LogP contribution in [0.5, 0.6) is 11.5 Å². The number of carbonyl (C=O) groups excluding carboxylic acids is 1. The fraction of sp³-hybridized carbons (Fsp3) is 0.231. The van der Waals surface area contributed by atoms with Crippen LogP contribution in [0.1, 0.15) is 13.8 Å². The lowest BCUT2D eigenvalue weighted by Crippen LogP contribution is -2.21. The molecule has 0 aliphatic heterocycles. The van der Waals surface area contributed by atoms with Crippen LogP contribution < -0.4 is 19.7 Å². The summed E-state index contributed by atoms with van der Waals surface area (Å²) >= 11 is 0. The van der Waals surface area contributed by atoms with Crippen molar-refractivity contribution in [2.24, 2.45) is 0 Å². The molecule has 3 aromatic carbocycles. The minimum atomic E-state index is -0.263. The van der Waals surface area contributed by atoms with Gasteiger partial charge >= 0.3 is 0 Å². The van der Waals surface area contributed by atoms with Crippen molar-refractivity contribution >= 4 is 28.4 Å². The number of nitrogens with zero attached hydrogens (tertiary/aromatic N) is 2. The van der Waals surface area contributed by atoms with Gasteiger partial charge in [-0.15, -0.1) is 0 Å². The Kier molecular flexibility index (Phi) is 6.78. The second-order valence-electron chi connectivity index (χ2n) is 7.43. The van der Waals surface area contributed by atoms with Crippen LogP contribution in [-0.4, -0.2) is 37.7 Å². The van der Waals surface area contributed by atoms with Crippen LogP contribution >= 0.6 is 0 Å². The number of amides is 1. The third-order valence-corrected chi connectivity index (χ3v) is 5.34. The Hall–Kier alpha value is -4.00. The molecule has 1 amide bonds. The normalized spacial score (nSPS) is 10.8. The Bertz CT molecular complexity index is 1210. The highest BCUT2D eigenvalue weighted by Crippen LogP contribution is 2.28. The van der Waals surface area contributed by atoms with Gasteiger partial charge in [0.1, 0.15) is 17.0 Å². The predicted octanol–water partition coefficient (Wildman–Crippen LogP) is 5.37. The zero-order chi connectivity index (χ0) is 23.2. The van der Waals surface area contributed by atoms with E-state index in [2.05, 4.69) is 41.2 Å². The van der Waals surface area contributed by atoms with E-state index in [4.69, 9.17) is 13.9 Å². The van der Waals surface area contributed by atoms with E-state index in [9.17, 15) is 4.79 Å². The molecule has 170 valence electrons. The average Bonchev–Trinajstić information content (AvgIpc) is 3.28. The smallest absolute Gasteiger partial charge is 0.262 e. The van der Waals surface area contributed by atoms with Crippen LogP contribution in [0.25, 0.3) is 22.6 Å². The molecular weight excluding hydrogens is 418 g/mol. The summed E-state index contributed by atoms with van der Waals surface area (Å²) in [6.07, 6.45) is 0. The van der Waals surface area contributed by atoms with Crippen molar-refractivity contribution in [3.05, 3.63) is 66.7 Å². The van der Waals surface area contributed by atoms with Crippen molar-refractivity contribution in [1.29, 1.82) is 0 Å². The van der Waals surface area contributed by atoms with Crippen molar-refractivity contribution in [2.45, 2.75) is 13.8 Å². The Morgan fingerprint density at radius 3 is 2.33 bits per heavy atom. The van der Waals surface area contributed by atoms with Gasteiger partial charge in [0.25, 0.3) is 5.91 Å². The van der Waals surface area contributed by atoms with Gasteiger partial charge in [0.2, 0.25) is 5.89 Å². The molecule has 33 heavy (non-hydrogen) atoms. The molecule has 1 N–H and O–H groups in total. The van der Waals surface area contributed by atoms with E-state index in [-0.39, 0.29) is 12.5 Å². The number of hydrogen-bond donors (Lipinski definition) is 1. The largest absolute Gasteiger partial charge is 0.497 e. The van der Waals surface area contributed by atoms with Gasteiger partial charge in [-0.25, -0.2) is 4.98 Å². The predicted molar refractivity (Wildman–Crippen MR) is 130 cm³/mol. The SMILES string of the molecule is CCN(CC)c1ccc(-c2nc3cc(NC(=O)COc4ccc(OC)cc4)ccc3o2)cc1. The van der Waals surface area contributed by atoms with E-state index in [0.29, 0.717) is 28.4 Å². The highest BCUT2D eigenvalue weighted by Gasteiger charge is 2.11. The quantitative estimate of drug-likeness (QED) is 0.373. The number of carbonyl (C=O) groups is 1. The molecular formula is C26H27N3O4. The molecule has 1 aromatic heterocycles. The molecule has 0 aliphatic rings. The maximum absolute atomic E-state index is 12.3. The number of anilines is 2. The number of nitrogens with one attached hydrogen (secondary N) is 1. The summed E-state index contributed by atoms with van der Waals surface area (Å²) in [5, 5.41) is 2.83. The molecule has 0 atom stereocenters. The second kappa shape index (κ2) is 10.1. The summed E-state index contributed by atoms with van der Waals surface area (Å²) in [6.45, 7) is 6.09. The molecule has 0 saturated carbocycles. The third-order valence-electron chi connectivity index (χ3n) is 5.34. The Morgan fingerprint density at radius 2 is 1.67 bits per heavy atom. The lowest BCUT2D eigenvalue weighted by Gasteiger charge is -2.20. The number of oxazole rings is 1. The van der Waals surface area contributed by atoms with Crippen LogP contribution in [0.2, 0.25) is 0 Å². The molecule has 0 saturated heterocycles. The maximum Gasteiger partial charge on any atom is 0.262 e. The van der Waals surface area contributed by atoms with Crippen LogP contribution in [0.3, 0.4) is 0 Å². The number of methoxy groups -OCH3 is 1. The molecule has 4 rings (SSSR count). The van der Waals surface area contributed by atoms with Crippen LogP contribution in [0, 0.1) is 0 Å². The number of rotatable bonds is 9. The molecule has 0 unspecified atom stereocenters. The first-order valence-electron chi connectivity index (χ1n) is 10.9. The van der Waals surface area contributed by atoms with E-state index in [1.165, 1.54) is 5.69 Å². The summed E-state index contributed by atoms with van der Waals surface area (Å²) in [5.74, 6) is 1.60. The number of ether oxygens (including phenoxy) is 2. The van der Waals surface area contributed by atoms with Gasteiger partial charge in [0.05, 0.1) is 7.11 Å². The lowest BCUT2D eigenvalue weighted by atomic mass is 10.2. The number of benzene rings is 3. The van der Waals surface area contributed by atoms with Gasteiger partial charge in [-0.3, -0.25) is 4.79 Å². The van der Waals surface area contributed by atoms with Crippen molar-refractivity contribution in [1.82, 2.24) is 4.98 Å². The lowest BCUT2D eigenvalue weighted by molar-refractivity contribution is -0.118. The molecule has 0 spiro atoms. The summed E-state index contributed by atoms with van der Waals surface area (Å²) < 4.78 is 16.6. The Labute approximate surface area is 192 Å². The van der Waals surface area contributed by atoms with E-state index < -0.39 is 0 Å². The van der Waals surface area contributed by atoms with Gasteiger partial charge < -0.3 is 24.1 Å². The highest BCUT2D eigenvalue weighted by atomic mass is 16.5. The van der Waals surface area contributed by atoms with E-state index in [0.717, 1.165) is 24.4 Å². The Balaban J connectivity index is 1.41. The van der Waals surface area contributed by atoms with Crippen molar-refractivity contribution in [3.63, 3.8) is 0 Å². The molecule has 0 fully saturated rings. The average molecular weight is 446 g/mol. The van der Waals surface area contributed by atoms with Gasteiger partial charge in [-0.05, 0) is 80.6 Å². The molecule has 7 heteroatoms. The molecule has 0 aliphatic carbocycles. The summed E-state index contributed by atoms with van der Waals surface area (Å²) in [5.41, 5.74) is 4.03. The topological polar surface area (TPSA) is 76.8 Å². The maximum atomic E-state index is 12.3. The van der Waals surface area contributed by atoms with Crippen LogP contribution in [0.4, 0.5) is 11.4 Å². The minimum Gasteiger partial charge on any atom is -0.497 e. The standard InChI is InChI=1S/C26H27N3O4/c1-4-29(5-2)20-9-6-18(7-10-20)26-28-23-16-19(8-15-24(23)33-26)27-25(30)17-32-22-13-11-21(31-3)12-14-22/h6-16H,4-5,17H2,1-3H3,(H,27,30). The number of fused-ring (bicyclic) bond motifs is 1. The second-order valence-corrected chi connectivity index (χ2v) is 7.43. The van der Waals surface area contributed by atoms with Crippen molar-refractivity contribution in [3.8, 4) is 23.0 Å². The van der Waals surface area contributed by atoms with E-state index in [1.807, 2.05) is 12.1 Å². The Morgan fingerprint density at radius 1 is 0.970 bits per heavy atom. The number of aromatic nitrogens is 1. The molecule has 0 radical (unpaired) electrons. The highest BCUT2D eigenvalue weighted by molar-refractivity contribution is 5.94. The first-order chi connectivity index (χ1) is 16.1. The molecule has 1 heterocycles. The van der Waals surface area contributed by atoms with Crippen LogP contribution in [-0.2, 0) is 4.79 Å². The first kappa shape index (κ1) is 22.2. The first-order valence-corrected chi connectivity index (χ1v) is 10.9. The monoisotopic (exact) mass is 445 g/mol. The zero-order valence-electron chi connectivity index (χ0n) is 19.0. The third kappa shape index (κ3) is 5.26. The van der Waals surface area contributed by atoms with Gasteiger partial charge in [0.15, 0.2) is 12.2 Å². The van der Waals surface area contributed by atoms with Crippen LogP contribution in [0.15, 0.2) is 71.1 Å². The van der Waals surface area contributed by atoms with Crippen molar-refractivity contribution < 1.29 is 18.7 Å². The summed E-state index contributed by atoms with van der Waals surface area (Å²) in [6, 6.07) is 20.6. The fourth-order valence-electron chi connectivity index (χ4n) is 3.55. The van der Waals surface area contributed by atoms with Gasteiger partial charge in [0, 0.05) is 30.0 Å². The summed E-state index contributed by atoms with van der Waals surface area (Å²) in [4.78, 5) is 19.2. The van der Waals surface area contributed by atoms with Crippen molar-refractivity contribution in [2.75, 3.05) is 37.0 Å². The minimum absolute atomic E-state index is 0.104. The molecule has 4 aromatic rings. The zero-order valence-corrected chi connectivity index (χ0v) is 19.0. The number of hydrogen-bond acceptors (Lipinski definition) is 6. The summed E-state index contributed by atoms with van der Waals surface area (Å²) in [7, 11) is 1.60. The molecule has 7 nitrogen and oxygen atoms in total. The van der Waals surface area contributed by atoms with Gasteiger partial charge in [-0.2, -0.15) is 0 Å². The van der Waals surface area contributed by atoms with E-state index in [1.54, 1.807) is 49.6 Å². The van der Waals surface area contributed by atoms with Gasteiger partial charge in [-0.1, -0.05) is 0 Å². The fourth-order valence-corrected chi connectivity index (χ4v) is 3.55. The van der Waals surface area contributed by atoms with E-state index >= 15 is 0 Å². The molecule has 0 bridgehead atoms.